The Kier molecular flexibility index (Phi) is 6.27. The van der Waals surface area contributed by atoms with E-state index in [1.807, 2.05) is 6.92 Å². The molecule has 0 aliphatic carbocycles. The topological polar surface area (TPSA) is 125 Å². The molecule has 152 valence electrons. The zero-order valence-corrected chi connectivity index (χ0v) is 16.4. The summed E-state index contributed by atoms with van der Waals surface area (Å²) in [6.07, 6.45) is 0.472. The van der Waals surface area contributed by atoms with Crippen LogP contribution in [0.1, 0.15) is 37.8 Å². The van der Waals surface area contributed by atoms with Gasteiger partial charge < -0.3 is 20.5 Å². The van der Waals surface area contributed by atoms with Crippen molar-refractivity contribution < 1.29 is 29.0 Å². The minimum Gasteiger partial charge on any atom is -0.496 e. The number of hydrogen-bond donors (Lipinski definition) is 3. The Bertz CT molecular complexity index is 809. The second-order valence-corrected chi connectivity index (χ2v) is 6.63. The van der Waals surface area contributed by atoms with E-state index in [4.69, 9.17) is 9.84 Å². The average molecular weight is 391 g/mol. The van der Waals surface area contributed by atoms with Gasteiger partial charge in [-0.2, -0.15) is 0 Å². The molecule has 0 aromatic heterocycles. The number of hydrogen-bond acceptors (Lipinski definition) is 5. The molecule has 1 saturated heterocycles. The van der Waals surface area contributed by atoms with Gasteiger partial charge in [0, 0.05) is 0 Å². The lowest BCUT2D eigenvalue weighted by molar-refractivity contribution is -0.142. The highest BCUT2D eigenvalue weighted by Gasteiger charge is 2.51. The Morgan fingerprint density at radius 2 is 2.00 bits per heavy atom. The number of rotatable bonds is 8. The van der Waals surface area contributed by atoms with Gasteiger partial charge in [0.15, 0.2) is 0 Å². The van der Waals surface area contributed by atoms with Crippen LogP contribution in [0.4, 0.5) is 4.79 Å². The molecule has 4 amide bonds. The first-order valence-electron chi connectivity index (χ1n) is 9.01. The molecule has 28 heavy (non-hydrogen) atoms. The van der Waals surface area contributed by atoms with E-state index in [-0.39, 0.29) is 12.8 Å². The number of carboxylic acids is 1. The molecular formula is C19H25N3O6. The van der Waals surface area contributed by atoms with E-state index in [1.165, 1.54) is 0 Å². The van der Waals surface area contributed by atoms with Crippen molar-refractivity contribution in [2.24, 2.45) is 0 Å². The van der Waals surface area contributed by atoms with E-state index in [0.717, 1.165) is 10.5 Å². The summed E-state index contributed by atoms with van der Waals surface area (Å²) in [5.41, 5.74) is 0.107. The number of nitrogens with zero attached hydrogens (tertiary/aromatic N) is 1. The molecule has 2 unspecified atom stereocenters. The molecule has 1 aromatic carbocycles. The summed E-state index contributed by atoms with van der Waals surface area (Å²) in [6, 6.07) is 3.42. The smallest absolute Gasteiger partial charge is 0.326 e. The largest absolute Gasteiger partial charge is 0.496 e. The predicted molar refractivity (Wildman–Crippen MR) is 99.8 cm³/mol. The lowest BCUT2D eigenvalue weighted by Gasteiger charge is -2.26. The lowest BCUT2D eigenvalue weighted by atomic mass is 9.86. The van der Waals surface area contributed by atoms with Crippen molar-refractivity contribution in [1.82, 2.24) is 15.5 Å². The average Bonchev–Trinajstić information content (AvgIpc) is 2.90. The van der Waals surface area contributed by atoms with Gasteiger partial charge in [0.25, 0.3) is 5.91 Å². The van der Waals surface area contributed by atoms with Crippen LogP contribution >= 0.6 is 0 Å². The van der Waals surface area contributed by atoms with Gasteiger partial charge in [-0.1, -0.05) is 19.9 Å². The minimum absolute atomic E-state index is 0.186. The number of nitrogens with one attached hydrogen (secondary N) is 2. The normalized spacial score (nSPS) is 19.9. The fourth-order valence-electron chi connectivity index (χ4n) is 3.27. The first kappa shape index (κ1) is 21.2. The third-order valence-electron chi connectivity index (χ3n) is 4.94. The first-order valence-corrected chi connectivity index (χ1v) is 9.01. The minimum atomic E-state index is -1.29. The molecule has 2 atom stereocenters. The Balaban J connectivity index is 2.26. The quantitative estimate of drug-likeness (QED) is 0.571. The predicted octanol–water partition coefficient (Wildman–Crippen LogP) is 1.14. The fraction of sp³-hybridized carbons (Fsp3) is 0.474. The summed E-state index contributed by atoms with van der Waals surface area (Å²) in [7, 11) is 1.54. The number of methoxy groups -OCH3 is 1. The molecule has 1 aliphatic heterocycles. The van der Waals surface area contributed by atoms with Crippen molar-refractivity contribution in [3.63, 3.8) is 0 Å². The maximum atomic E-state index is 13.1. The molecule has 0 saturated carbocycles. The van der Waals surface area contributed by atoms with Crippen LogP contribution in [0.15, 0.2) is 18.2 Å². The standard InChI is InChI=1S/C19H25N3O6/c1-5-13(16(24)25)20-15(23)10-22-17(26)19(6-2,21-18(22)27)12-7-8-14(28-4)11(3)9-12/h7-9,13H,5-6,10H2,1-4H3,(H,20,23)(H,21,27)(H,24,25). The fourth-order valence-corrected chi connectivity index (χ4v) is 3.27. The van der Waals surface area contributed by atoms with Crippen LogP contribution in [0.5, 0.6) is 5.75 Å². The van der Waals surface area contributed by atoms with Crippen LogP contribution in [0, 0.1) is 6.92 Å². The number of carboxylic acid groups (broad SMARTS) is 1. The molecule has 0 spiro atoms. The van der Waals surface area contributed by atoms with Crippen molar-refractivity contribution in [2.75, 3.05) is 13.7 Å². The van der Waals surface area contributed by atoms with Gasteiger partial charge in [-0.3, -0.25) is 14.5 Å². The molecular weight excluding hydrogens is 366 g/mol. The van der Waals surface area contributed by atoms with E-state index >= 15 is 0 Å². The van der Waals surface area contributed by atoms with Crippen LogP contribution in [0.25, 0.3) is 0 Å². The number of carbonyl (C=O) groups is 4. The van der Waals surface area contributed by atoms with Crippen LogP contribution < -0.4 is 15.4 Å². The number of aryl methyl sites for hydroxylation is 1. The van der Waals surface area contributed by atoms with E-state index in [0.29, 0.717) is 11.3 Å². The van der Waals surface area contributed by atoms with Crippen LogP contribution in [0.2, 0.25) is 0 Å². The monoisotopic (exact) mass is 391 g/mol. The molecule has 2 rings (SSSR count). The lowest BCUT2D eigenvalue weighted by Crippen LogP contribution is -2.47. The van der Waals surface area contributed by atoms with E-state index in [9.17, 15) is 19.2 Å². The van der Waals surface area contributed by atoms with E-state index in [1.54, 1.807) is 39.2 Å². The van der Waals surface area contributed by atoms with Crippen molar-refractivity contribution in [1.29, 1.82) is 0 Å². The Hall–Kier alpha value is -3.10. The van der Waals surface area contributed by atoms with Crippen LogP contribution in [-0.4, -0.2) is 53.5 Å². The molecule has 1 fully saturated rings. The van der Waals surface area contributed by atoms with Gasteiger partial charge in [-0.15, -0.1) is 0 Å². The Morgan fingerprint density at radius 3 is 2.50 bits per heavy atom. The van der Waals surface area contributed by atoms with Crippen molar-refractivity contribution in [3.8, 4) is 5.75 Å². The second kappa shape index (κ2) is 8.28. The molecule has 9 heteroatoms. The van der Waals surface area contributed by atoms with Crippen molar-refractivity contribution in [2.45, 2.75) is 45.2 Å². The molecule has 0 bridgehead atoms. The highest BCUT2D eigenvalue weighted by molar-refractivity contribution is 6.09. The SMILES string of the molecule is CCC(NC(=O)CN1C(=O)NC(CC)(c2ccc(OC)c(C)c2)C1=O)C(=O)O. The third kappa shape index (κ3) is 3.78. The van der Waals surface area contributed by atoms with Gasteiger partial charge >= 0.3 is 12.0 Å². The number of carbonyl (C=O) groups excluding carboxylic acids is 3. The van der Waals surface area contributed by atoms with Crippen LogP contribution in [-0.2, 0) is 19.9 Å². The second-order valence-electron chi connectivity index (χ2n) is 6.63. The van der Waals surface area contributed by atoms with E-state index in [2.05, 4.69) is 10.6 Å². The Labute approximate surface area is 163 Å². The van der Waals surface area contributed by atoms with Gasteiger partial charge in [0.05, 0.1) is 7.11 Å². The van der Waals surface area contributed by atoms with Crippen molar-refractivity contribution >= 4 is 23.8 Å². The summed E-state index contributed by atoms with van der Waals surface area (Å²) in [4.78, 5) is 49.6. The molecule has 1 aliphatic rings. The summed E-state index contributed by atoms with van der Waals surface area (Å²) in [5.74, 6) is -1.79. The number of aliphatic carboxylic acids is 1. The van der Waals surface area contributed by atoms with Gasteiger partial charge in [0.2, 0.25) is 5.91 Å². The summed E-state index contributed by atoms with van der Waals surface area (Å²) in [5, 5.41) is 14.0. The number of benzene rings is 1. The maximum Gasteiger partial charge on any atom is 0.326 e. The zero-order valence-electron chi connectivity index (χ0n) is 16.4. The highest BCUT2D eigenvalue weighted by Crippen LogP contribution is 2.34. The maximum absolute atomic E-state index is 13.1. The number of amides is 4. The van der Waals surface area contributed by atoms with Gasteiger partial charge in [-0.25, -0.2) is 9.59 Å². The molecule has 9 nitrogen and oxygen atoms in total. The molecule has 0 radical (unpaired) electrons. The third-order valence-corrected chi connectivity index (χ3v) is 4.94. The molecule has 1 heterocycles. The summed E-state index contributed by atoms with van der Waals surface area (Å²) >= 11 is 0. The van der Waals surface area contributed by atoms with Gasteiger partial charge in [-0.05, 0) is 43.0 Å². The van der Waals surface area contributed by atoms with Gasteiger partial charge in [0.1, 0.15) is 23.9 Å². The summed E-state index contributed by atoms with van der Waals surface area (Å²) in [6.45, 7) is 4.65. The number of imide groups is 1. The highest BCUT2D eigenvalue weighted by atomic mass is 16.5. The molecule has 3 N–H and O–H groups in total. The summed E-state index contributed by atoms with van der Waals surface area (Å²) < 4.78 is 5.23. The van der Waals surface area contributed by atoms with Crippen molar-refractivity contribution in [3.05, 3.63) is 29.3 Å². The first-order chi connectivity index (χ1) is 13.2. The molecule has 1 aromatic rings. The number of urea groups is 1. The number of ether oxygens (including phenoxy) is 1. The Morgan fingerprint density at radius 1 is 1.32 bits per heavy atom. The van der Waals surface area contributed by atoms with E-state index < -0.39 is 41.9 Å². The zero-order chi connectivity index (χ0) is 21.1. The van der Waals surface area contributed by atoms with Crippen LogP contribution in [0.3, 0.4) is 0 Å².